The van der Waals surface area contributed by atoms with Crippen LogP contribution in [0, 0.1) is 31.3 Å². The minimum Gasteiger partial charge on any atom is -0.322 e. The Labute approximate surface area is 199 Å². The number of hydrogen-bond acceptors (Lipinski definition) is 2. The molecule has 35 heavy (non-hydrogen) atoms. The van der Waals surface area contributed by atoms with Gasteiger partial charge in [0.2, 0.25) is 0 Å². The van der Waals surface area contributed by atoms with Gasteiger partial charge in [0.25, 0.3) is 5.91 Å². The number of halogens is 3. The molecule has 1 amide bonds. The summed E-state index contributed by atoms with van der Waals surface area (Å²) in [6.45, 7) is 3.57. The van der Waals surface area contributed by atoms with E-state index in [1.165, 1.54) is 36.4 Å². The van der Waals surface area contributed by atoms with Crippen LogP contribution in [-0.4, -0.2) is 15.3 Å². The van der Waals surface area contributed by atoms with Crippen LogP contribution in [-0.2, 0) is 0 Å². The summed E-state index contributed by atoms with van der Waals surface area (Å²) in [7, 11) is 0. The SMILES string of the molecule is Cc1ccc(-c2cccn3c(-c4cccc(F)c4F)c(C)nc23)cc1C(=O)Nc1ccc(F)cc1. The number of benzene rings is 3. The summed E-state index contributed by atoms with van der Waals surface area (Å²) in [5.41, 5.74) is 4.84. The highest BCUT2D eigenvalue weighted by atomic mass is 19.2. The summed E-state index contributed by atoms with van der Waals surface area (Å²) < 4.78 is 43.4. The Morgan fingerprint density at radius 2 is 1.63 bits per heavy atom. The Balaban J connectivity index is 1.59. The number of nitrogens with one attached hydrogen (secondary N) is 1. The third kappa shape index (κ3) is 4.05. The van der Waals surface area contributed by atoms with Crippen molar-refractivity contribution >= 4 is 17.2 Å². The van der Waals surface area contributed by atoms with Gasteiger partial charge in [-0.1, -0.05) is 18.2 Å². The first-order valence-electron chi connectivity index (χ1n) is 10.9. The normalized spacial score (nSPS) is 11.1. The van der Waals surface area contributed by atoms with Crippen LogP contribution in [0.3, 0.4) is 0 Å². The lowest BCUT2D eigenvalue weighted by atomic mass is 9.99. The Morgan fingerprint density at radius 3 is 2.40 bits per heavy atom. The van der Waals surface area contributed by atoms with Crippen LogP contribution in [0.2, 0.25) is 0 Å². The average Bonchev–Trinajstić information content (AvgIpc) is 3.18. The number of carbonyl (C=O) groups excluding carboxylic acids is 1. The lowest BCUT2D eigenvalue weighted by Gasteiger charge is -2.11. The summed E-state index contributed by atoms with van der Waals surface area (Å²) >= 11 is 0. The standard InChI is InChI=1S/C28H20F3N3O/c1-16-8-9-18(15-23(16)28(35)33-20-12-10-19(29)11-13-20)21-6-4-14-34-26(17(2)32-27(21)34)22-5-3-7-24(30)25(22)31/h3-15H,1-2H3,(H,33,35). The van der Waals surface area contributed by atoms with E-state index < -0.39 is 11.6 Å². The van der Waals surface area contributed by atoms with E-state index in [1.807, 2.05) is 25.1 Å². The number of fused-ring (bicyclic) bond motifs is 1. The number of hydrogen-bond donors (Lipinski definition) is 1. The van der Waals surface area contributed by atoms with Crippen molar-refractivity contribution in [3.63, 3.8) is 0 Å². The third-order valence-corrected chi connectivity index (χ3v) is 5.93. The van der Waals surface area contributed by atoms with Gasteiger partial charge in [-0.2, -0.15) is 0 Å². The average molecular weight is 471 g/mol. The van der Waals surface area contributed by atoms with Crippen LogP contribution in [0.5, 0.6) is 0 Å². The van der Waals surface area contributed by atoms with Crippen LogP contribution < -0.4 is 5.32 Å². The zero-order valence-corrected chi connectivity index (χ0v) is 18.9. The fourth-order valence-corrected chi connectivity index (χ4v) is 4.18. The van der Waals surface area contributed by atoms with Crippen LogP contribution in [0.1, 0.15) is 21.6 Å². The molecule has 0 atom stereocenters. The number of aryl methyl sites for hydroxylation is 2. The highest BCUT2D eigenvalue weighted by molar-refractivity contribution is 6.06. The number of amides is 1. The zero-order chi connectivity index (χ0) is 24.7. The van der Waals surface area contributed by atoms with E-state index in [9.17, 15) is 18.0 Å². The van der Waals surface area contributed by atoms with Crippen molar-refractivity contribution in [1.82, 2.24) is 9.38 Å². The van der Waals surface area contributed by atoms with E-state index in [4.69, 9.17) is 0 Å². The molecule has 0 aliphatic rings. The predicted molar refractivity (Wildman–Crippen MR) is 130 cm³/mol. The summed E-state index contributed by atoms with van der Waals surface area (Å²) in [6, 6.07) is 18.7. The van der Waals surface area contributed by atoms with Gasteiger partial charge in [0, 0.05) is 28.6 Å². The van der Waals surface area contributed by atoms with Gasteiger partial charge in [-0.25, -0.2) is 18.2 Å². The fourth-order valence-electron chi connectivity index (χ4n) is 4.18. The van der Waals surface area contributed by atoms with E-state index in [0.29, 0.717) is 28.3 Å². The zero-order valence-electron chi connectivity index (χ0n) is 18.9. The molecule has 2 heterocycles. The molecule has 0 saturated heterocycles. The maximum atomic E-state index is 14.6. The maximum absolute atomic E-state index is 14.6. The molecule has 5 rings (SSSR count). The number of anilines is 1. The topological polar surface area (TPSA) is 46.4 Å². The van der Waals surface area contributed by atoms with Crippen LogP contribution in [0.25, 0.3) is 28.0 Å². The van der Waals surface area contributed by atoms with Crippen molar-refractivity contribution in [3.8, 4) is 22.4 Å². The van der Waals surface area contributed by atoms with E-state index in [0.717, 1.165) is 22.8 Å². The smallest absolute Gasteiger partial charge is 0.255 e. The molecule has 0 radical (unpaired) electrons. The first-order chi connectivity index (χ1) is 16.8. The van der Waals surface area contributed by atoms with E-state index in [2.05, 4.69) is 10.3 Å². The van der Waals surface area contributed by atoms with E-state index in [1.54, 1.807) is 29.7 Å². The molecule has 0 aliphatic carbocycles. The Morgan fingerprint density at radius 1 is 0.886 bits per heavy atom. The van der Waals surface area contributed by atoms with Crippen LogP contribution >= 0.6 is 0 Å². The second-order valence-corrected chi connectivity index (χ2v) is 8.25. The molecule has 3 aromatic carbocycles. The molecule has 7 heteroatoms. The lowest BCUT2D eigenvalue weighted by molar-refractivity contribution is 0.102. The molecule has 4 nitrogen and oxygen atoms in total. The van der Waals surface area contributed by atoms with E-state index >= 15 is 0 Å². The molecule has 0 unspecified atom stereocenters. The molecule has 0 aliphatic heterocycles. The summed E-state index contributed by atoms with van der Waals surface area (Å²) in [4.78, 5) is 17.6. The minimum atomic E-state index is -0.933. The molecule has 0 bridgehead atoms. The second kappa shape index (κ2) is 8.76. The highest BCUT2D eigenvalue weighted by Crippen LogP contribution is 2.33. The summed E-state index contributed by atoms with van der Waals surface area (Å²) in [5, 5.41) is 2.78. The molecule has 1 N–H and O–H groups in total. The van der Waals surface area contributed by atoms with Crippen molar-refractivity contribution in [2.24, 2.45) is 0 Å². The van der Waals surface area contributed by atoms with Gasteiger partial charge in [0.1, 0.15) is 11.5 Å². The van der Waals surface area contributed by atoms with Crippen molar-refractivity contribution in [3.05, 3.63) is 113 Å². The molecule has 174 valence electrons. The van der Waals surface area contributed by atoms with Gasteiger partial charge in [-0.15, -0.1) is 0 Å². The van der Waals surface area contributed by atoms with Crippen molar-refractivity contribution in [2.45, 2.75) is 13.8 Å². The number of nitrogens with zero attached hydrogens (tertiary/aromatic N) is 2. The van der Waals surface area contributed by atoms with Gasteiger partial charge < -0.3 is 5.32 Å². The molecular weight excluding hydrogens is 451 g/mol. The van der Waals surface area contributed by atoms with Gasteiger partial charge in [0.15, 0.2) is 11.6 Å². The maximum Gasteiger partial charge on any atom is 0.255 e. The van der Waals surface area contributed by atoms with Crippen molar-refractivity contribution in [1.29, 1.82) is 0 Å². The minimum absolute atomic E-state index is 0.121. The lowest BCUT2D eigenvalue weighted by Crippen LogP contribution is -2.13. The first-order valence-corrected chi connectivity index (χ1v) is 10.9. The van der Waals surface area contributed by atoms with Crippen molar-refractivity contribution < 1.29 is 18.0 Å². The first kappa shape index (κ1) is 22.4. The predicted octanol–water partition coefficient (Wildman–Crippen LogP) is 6.95. The number of carbonyl (C=O) groups is 1. The van der Waals surface area contributed by atoms with Gasteiger partial charge in [-0.3, -0.25) is 9.20 Å². The van der Waals surface area contributed by atoms with E-state index in [-0.39, 0.29) is 17.3 Å². The molecule has 5 aromatic rings. The summed E-state index contributed by atoms with van der Waals surface area (Å²) in [6.07, 6.45) is 1.74. The van der Waals surface area contributed by atoms with Crippen LogP contribution in [0.15, 0.2) is 79.0 Å². The molecule has 2 aromatic heterocycles. The number of pyridine rings is 1. The largest absolute Gasteiger partial charge is 0.322 e. The van der Waals surface area contributed by atoms with Crippen LogP contribution in [0.4, 0.5) is 18.9 Å². The molecule has 0 spiro atoms. The number of rotatable bonds is 4. The third-order valence-electron chi connectivity index (χ3n) is 5.93. The molecule has 0 fully saturated rings. The summed E-state index contributed by atoms with van der Waals surface area (Å²) in [5.74, 6) is -2.58. The second-order valence-electron chi connectivity index (χ2n) is 8.25. The number of imidazole rings is 1. The van der Waals surface area contributed by atoms with Gasteiger partial charge >= 0.3 is 0 Å². The molecule has 0 saturated carbocycles. The van der Waals surface area contributed by atoms with Crippen molar-refractivity contribution in [2.75, 3.05) is 5.32 Å². The highest BCUT2D eigenvalue weighted by Gasteiger charge is 2.20. The monoisotopic (exact) mass is 471 g/mol. The quantitative estimate of drug-likeness (QED) is 0.308. The Kier molecular flexibility index (Phi) is 5.61. The fraction of sp³-hybridized carbons (Fsp3) is 0.0714. The van der Waals surface area contributed by atoms with Gasteiger partial charge in [0.05, 0.1) is 11.4 Å². The number of aromatic nitrogens is 2. The Hall–Kier alpha value is -4.39. The molecular formula is C28H20F3N3O. The Bertz CT molecular complexity index is 1590. The van der Waals surface area contributed by atoms with Gasteiger partial charge in [-0.05, 0) is 79.6 Å².